The maximum absolute atomic E-state index is 5.59. The molecule has 2 nitrogen and oxygen atoms in total. The van der Waals surface area contributed by atoms with Gasteiger partial charge in [0.25, 0.3) is 0 Å². The Labute approximate surface area is 117 Å². The highest BCUT2D eigenvalue weighted by molar-refractivity contribution is 5.61. The van der Waals surface area contributed by atoms with Gasteiger partial charge < -0.3 is 0 Å². The van der Waals surface area contributed by atoms with E-state index in [-0.39, 0.29) is 10.8 Å². The standard InChI is InChI=1S/C17H26O2/c1-10(2)11-9-12-14(17(6,7)8)15(19-18-12)13(11)16(3,4)5/h9-10H,1-8H3. The predicted octanol–water partition coefficient (Wildman–Crippen LogP) is 5.09. The maximum atomic E-state index is 5.59. The molecule has 0 saturated heterocycles. The zero-order valence-corrected chi connectivity index (χ0v) is 13.5. The fraction of sp³-hybridized carbons (Fsp3) is 0.647. The molecule has 0 atom stereocenters. The van der Waals surface area contributed by atoms with Gasteiger partial charge in [0, 0.05) is 5.56 Å². The van der Waals surface area contributed by atoms with Gasteiger partial charge in [0.2, 0.25) is 0 Å². The second-order valence-electron chi connectivity index (χ2n) is 7.86. The van der Waals surface area contributed by atoms with Crippen molar-refractivity contribution in [3.8, 4) is 11.5 Å². The van der Waals surface area contributed by atoms with E-state index in [1.54, 1.807) is 0 Å². The van der Waals surface area contributed by atoms with E-state index in [1.807, 2.05) is 0 Å². The smallest absolute Gasteiger partial charge is 0.190 e. The van der Waals surface area contributed by atoms with E-state index >= 15 is 0 Å². The SMILES string of the molecule is CC(C)c1cc2c(C(C)(C)C)c(c1C(C)(C)C)OO2. The molecule has 0 aromatic heterocycles. The van der Waals surface area contributed by atoms with Crippen LogP contribution in [0.3, 0.4) is 0 Å². The molecule has 0 fully saturated rings. The van der Waals surface area contributed by atoms with Crippen molar-refractivity contribution in [1.29, 1.82) is 0 Å². The van der Waals surface area contributed by atoms with Crippen molar-refractivity contribution in [2.75, 3.05) is 0 Å². The maximum Gasteiger partial charge on any atom is 0.190 e. The molecule has 2 heteroatoms. The monoisotopic (exact) mass is 262 g/mol. The van der Waals surface area contributed by atoms with E-state index in [4.69, 9.17) is 9.78 Å². The van der Waals surface area contributed by atoms with E-state index in [1.165, 1.54) is 16.7 Å². The van der Waals surface area contributed by atoms with Gasteiger partial charge in [-0.2, -0.15) is 0 Å². The molecule has 2 rings (SSSR count). The molecule has 0 N–H and O–H groups in total. The third kappa shape index (κ3) is 2.33. The third-order valence-corrected chi connectivity index (χ3v) is 3.61. The normalized spacial score (nSPS) is 14.6. The van der Waals surface area contributed by atoms with Gasteiger partial charge in [-0.25, -0.2) is 0 Å². The van der Waals surface area contributed by atoms with Crippen LogP contribution in [0.2, 0.25) is 0 Å². The van der Waals surface area contributed by atoms with Crippen molar-refractivity contribution in [2.45, 2.75) is 72.1 Å². The lowest BCUT2D eigenvalue weighted by Gasteiger charge is -2.28. The van der Waals surface area contributed by atoms with Crippen LogP contribution in [0.4, 0.5) is 0 Å². The summed E-state index contributed by atoms with van der Waals surface area (Å²) in [6, 6.07) is 2.17. The van der Waals surface area contributed by atoms with Crippen LogP contribution in [-0.2, 0) is 10.8 Å². The van der Waals surface area contributed by atoms with Crippen LogP contribution in [0.15, 0.2) is 6.07 Å². The van der Waals surface area contributed by atoms with Gasteiger partial charge in [-0.1, -0.05) is 55.4 Å². The van der Waals surface area contributed by atoms with Gasteiger partial charge in [0.05, 0.1) is 5.56 Å². The summed E-state index contributed by atoms with van der Waals surface area (Å²) in [5.41, 5.74) is 3.89. The molecule has 0 unspecified atom stereocenters. The molecule has 2 bridgehead atoms. The van der Waals surface area contributed by atoms with E-state index in [9.17, 15) is 0 Å². The van der Waals surface area contributed by atoms with Crippen LogP contribution in [0.1, 0.15) is 78.0 Å². The van der Waals surface area contributed by atoms with Gasteiger partial charge in [0.15, 0.2) is 11.5 Å². The number of hydrogen-bond donors (Lipinski definition) is 0. The number of fused-ring (bicyclic) bond motifs is 2. The molecule has 0 radical (unpaired) electrons. The molecule has 1 aliphatic heterocycles. The highest BCUT2D eigenvalue weighted by atomic mass is 17.2. The summed E-state index contributed by atoms with van der Waals surface area (Å²) < 4.78 is 0. The molecule has 0 spiro atoms. The van der Waals surface area contributed by atoms with E-state index in [0.717, 1.165) is 11.5 Å². The number of rotatable bonds is 1. The van der Waals surface area contributed by atoms with Crippen LogP contribution in [0.5, 0.6) is 11.5 Å². The van der Waals surface area contributed by atoms with Crippen molar-refractivity contribution in [3.63, 3.8) is 0 Å². The molecular formula is C17H26O2. The molecule has 0 aliphatic carbocycles. The van der Waals surface area contributed by atoms with Crippen molar-refractivity contribution < 1.29 is 9.78 Å². The van der Waals surface area contributed by atoms with Crippen molar-refractivity contribution >= 4 is 0 Å². The van der Waals surface area contributed by atoms with Gasteiger partial charge in [-0.15, -0.1) is 0 Å². The van der Waals surface area contributed by atoms with Crippen molar-refractivity contribution in [3.05, 3.63) is 22.8 Å². The second kappa shape index (κ2) is 4.16. The molecule has 19 heavy (non-hydrogen) atoms. The summed E-state index contributed by atoms with van der Waals surface area (Å²) in [5.74, 6) is 2.30. The molecular weight excluding hydrogens is 236 g/mol. The Morgan fingerprint density at radius 1 is 0.842 bits per heavy atom. The van der Waals surface area contributed by atoms with Crippen molar-refractivity contribution in [2.24, 2.45) is 0 Å². The Balaban J connectivity index is 2.79. The lowest BCUT2D eigenvalue weighted by Crippen LogP contribution is -2.19. The summed E-state index contributed by atoms with van der Waals surface area (Å²) in [5, 5.41) is 0. The molecule has 0 saturated carbocycles. The first kappa shape index (κ1) is 14.2. The highest BCUT2D eigenvalue weighted by Crippen LogP contribution is 2.51. The van der Waals surface area contributed by atoms with Crippen LogP contribution in [-0.4, -0.2) is 0 Å². The average Bonchev–Trinajstić information content (AvgIpc) is 2.50. The Morgan fingerprint density at radius 3 is 1.79 bits per heavy atom. The highest BCUT2D eigenvalue weighted by Gasteiger charge is 2.38. The Kier molecular flexibility index (Phi) is 3.11. The molecule has 1 aromatic carbocycles. The first-order valence-corrected chi connectivity index (χ1v) is 7.10. The fourth-order valence-corrected chi connectivity index (χ4v) is 2.83. The summed E-state index contributed by atoms with van der Waals surface area (Å²) in [6.07, 6.45) is 0. The molecule has 1 aliphatic rings. The van der Waals surface area contributed by atoms with Gasteiger partial charge in [0.1, 0.15) is 0 Å². The molecule has 1 heterocycles. The minimum atomic E-state index is 0.0245. The van der Waals surface area contributed by atoms with Gasteiger partial charge in [-0.05, 0) is 28.4 Å². The average molecular weight is 262 g/mol. The van der Waals surface area contributed by atoms with Crippen LogP contribution < -0.4 is 9.78 Å². The first-order chi connectivity index (χ1) is 8.53. The van der Waals surface area contributed by atoms with Crippen LogP contribution in [0.25, 0.3) is 0 Å². The molecule has 1 aromatic rings. The summed E-state index contributed by atoms with van der Waals surface area (Å²) >= 11 is 0. The summed E-state index contributed by atoms with van der Waals surface area (Å²) in [7, 11) is 0. The van der Waals surface area contributed by atoms with E-state index < -0.39 is 0 Å². The Morgan fingerprint density at radius 2 is 1.37 bits per heavy atom. The summed E-state index contributed by atoms with van der Waals surface area (Å²) in [6.45, 7) is 17.8. The van der Waals surface area contributed by atoms with E-state index in [2.05, 4.69) is 61.5 Å². The van der Waals surface area contributed by atoms with E-state index in [0.29, 0.717) is 5.92 Å². The Hall–Kier alpha value is -1.18. The minimum Gasteiger partial charge on any atom is -0.289 e. The number of hydrogen-bond acceptors (Lipinski definition) is 2. The number of benzene rings is 1. The molecule has 0 amide bonds. The minimum absolute atomic E-state index is 0.0245. The zero-order chi connectivity index (χ0) is 14.6. The Bertz CT molecular complexity index is 499. The largest absolute Gasteiger partial charge is 0.289 e. The second-order valence-corrected chi connectivity index (χ2v) is 7.86. The first-order valence-electron chi connectivity index (χ1n) is 7.10. The van der Waals surface area contributed by atoms with Crippen molar-refractivity contribution in [1.82, 2.24) is 0 Å². The third-order valence-electron chi connectivity index (χ3n) is 3.61. The zero-order valence-electron chi connectivity index (χ0n) is 13.5. The lowest BCUT2D eigenvalue weighted by molar-refractivity contribution is -0.0858. The fourth-order valence-electron chi connectivity index (χ4n) is 2.83. The van der Waals surface area contributed by atoms with Gasteiger partial charge in [-0.3, -0.25) is 9.78 Å². The van der Waals surface area contributed by atoms with Gasteiger partial charge >= 0.3 is 0 Å². The van der Waals surface area contributed by atoms with Crippen LogP contribution in [0, 0.1) is 0 Å². The molecule has 106 valence electrons. The predicted molar refractivity (Wildman–Crippen MR) is 79.2 cm³/mol. The quantitative estimate of drug-likeness (QED) is 0.656. The topological polar surface area (TPSA) is 18.5 Å². The van der Waals surface area contributed by atoms with Crippen LogP contribution >= 0.6 is 0 Å². The lowest BCUT2D eigenvalue weighted by atomic mass is 9.75. The summed E-state index contributed by atoms with van der Waals surface area (Å²) in [4.78, 5) is 11.1.